The number of amides is 3. The second-order valence-electron chi connectivity index (χ2n) is 11.9. The lowest BCUT2D eigenvalue weighted by atomic mass is 10.0. The van der Waals surface area contributed by atoms with Crippen molar-refractivity contribution in [2.24, 2.45) is 5.92 Å². The van der Waals surface area contributed by atoms with E-state index < -0.39 is 77.6 Å². The number of anilines is 1. The number of carbonyl (C=O) groups is 3. The van der Waals surface area contributed by atoms with Crippen molar-refractivity contribution in [3.8, 4) is 0 Å². The molecular formula is C30H33F6N3O6. The summed E-state index contributed by atoms with van der Waals surface area (Å²) in [6.45, 7) is 6.64. The summed E-state index contributed by atoms with van der Waals surface area (Å²) in [6.07, 6.45) is -11.5. The highest BCUT2D eigenvalue weighted by Crippen LogP contribution is 2.35. The molecule has 2 saturated heterocycles. The maximum absolute atomic E-state index is 13.7. The van der Waals surface area contributed by atoms with E-state index in [1.54, 1.807) is 27.7 Å². The Morgan fingerprint density at radius 3 is 2.13 bits per heavy atom. The number of benzene rings is 2. The van der Waals surface area contributed by atoms with E-state index in [9.17, 15) is 40.7 Å². The van der Waals surface area contributed by atoms with Gasteiger partial charge in [0.2, 0.25) is 11.8 Å². The van der Waals surface area contributed by atoms with Crippen molar-refractivity contribution in [3.05, 3.63) is 65.2 Å². The SMILES string of the molecule is CC1OC([C@H]2CC(C(=O)N[C@@H](Cc3ccc(C(F)(F)F)cc3)C(=O)Nc3cccc(C(F)(F)F)c3)N(C(=O)OC(C)(C)C)C2)O1. The minimum Gasteiger partial charge on any atom is -0.444 e. The van der Waals surface area contributed by atoms with Crippen LogP contribution in [-0.4, -0.2) is 59.6 Å². The van der Waals surface area contributed by atoms with Gasteiger partial charge in [0, 0.05) is 24.6 Å². The molecule has 0 spiro atoms. The van der Waals surface area contributed by atoms with Gasteiger partial charge in [0.05, 0.1) is 11.1 Å². The van der Waals surface area contributed by atoms with Crippen LogP contribution in [0, 0.1) is 5.92 Å². The van der Waals surface area contributed by atoms with Gasteiger partial charge in [-0.05, 0) is 70.0 Å². The molecule has 4 rings (SSSR count). The quantitative estimate of drug-likeness (QED) is 0.373. The molecule has 0 saturated carbocycles. The fourth-order valence-corrected chi connectivity index (χ4v) is 4.99. The summed E-state index contributed by atoms with van der Waals surface area (Å²) in [5.41, 5.74) is -2.84. The zero-order valence-corrected chi connectivity index (χ0v) is 24.8. The average Bonchev–Trinajstić information content (AvgIpc) is 3.35. The molecule has 2 aliphatic rings. The summed E-state index contributed by atoms with van der Waals surface area (Å²) in [4.78, 5) is 41.3. The average molecular weight is 646 g/mol. The lowest BCUT2D eigenvalue weighted by Crippen LogP contribution is -2.53. The van der Waals surface area contributed by atoms with Crippen LogP contribution >= 0.6 is 0 Å². The number of hydrogen-bond donors (Lipinski definition) is 2. The Balaban J connectivity index is 1.58. The van der Waals surface area contributed by atoms with Crippen molar-refractivity contribution >= 4 is 23.6 Å². The van der Waals surface area contributed by atoms with E-state index in [2.05, 4.69) is 10.6 Å². The Kier molecular flexibility index (Phi) is 9.73. The summed E-state index contributed by atoms with van der Waals surface area (Å²) >= 11 is 0. The van der Waals surface area contributed by atoms with Crippen LogP contribution in [0.5, 0.6) is 0 Å². The number of carbonyl (C=O) groups excluding carboxylic acids is 3. The smallest absolute Gasteiger partial charge is 0.416 e. The molecule has 15 heteroatoms. The number of hydrogen-bond acceptors (Lipinski definition) is 6. The van der Waals surface area contributed by atoms with Gasteiger partial charge >= 0.3 is 18.4 Å². The van der Waals surface area contributed by atoms with Gasteiger partial charge in [-0.1, -0.05) is 18.2 Å². The molecule has 246 valence electrons. The topological polar surface area (TPSA) is 106 Å². The lowest BCUT2D eigenvalue weighted by molar-refractivity contribution is -0.390. The van der Waals surface area contributed by atoms with Crippen LogP contribution in [0.4, 0.5) is 36.8 Å². The predicted octanol–water partition coefficient (Wildman–Crippen LogP) is 5.73. The first-order valence-corrected chi connectivity index (χ1v) is 14.1. The monoisotopic (exact) mass is 645 g/mol. The van der Waals surface area contributed by atoms with E-state index in [1.807, 2.05) is 0 Å². The number of nitrogens with zero attached hydrogens (tertiary/aromatic N) is 1. The molecule has 2 aliphatic heterocycles. The molecule has 0 aliphatic carbocycles. The van der Waals surface area contributed by atoms with Gasteiger partial charge in [-0.25, -0.2) is 4.79 Å². The van der Waals surface area contributed by atoms with Crippen LogP contribution < -0.4 is 10.6 Å². The van der Waals surface area contributed by atoms with Crippen LogP contribution in [0.1, 0.15) is 50.8 Å². The van der Waals surface area contributed by atoms with Crippen molar-refractivity contribution in [2.45, 2.75) is 83.2 Å². The van der Waals surface area contributed by atoms with Crippen molar-refractivity contribution < 1.29 is 54.9 Å². The second-order valence-corrected chi connectivity index (χ2v) is 11.9. The summed E-state index contributed by atoms with van der Waals surface area (Å²) in [5.74, 6) is -2.14. The molecule has 0 aromatic heterocycles. The molecule has 45 heavy (non-hydrogen) atoms. The third-order valence-corrected chi connectivity index (χ3v) is 7.11. The van der Waals surface area contributed by atoms with E-state index in [0.29, 0.717) is 6.07 Å². The predicted molar refractivity (Wildman–Crippen MR) is 147 cm³/mol. The first-order chi connectivity index (χ1) is 20.8. The Bertz CT molecular complexity index is 1390. The number of halogens is 6. The molecule has 0 bridgehead atoms. The van der Waals surface area contributed by atoms with Crippen LogP contribution in [0.15, 0.2) is 48.5 Å². The largest absolute Gasteiger partial charge is 0.444 e. The van der Waals surface area contributed by atoms with E-state index in [-0.39, 0.29) is 30.6 Å². The van der Waals surface area contributed by atoms with Gasteiger partial charge in [0.1, 0.15) is 17.7 Å². The molecule has 2 N–H and O–H groups in total. The first-order valence-electron chi connectivity index (χ1n) is 14.1. The van der Waals surface area contributed by atoms with Gasteiger partial charge < -0.3 is 24.8 Å². The molecular weight excluding hydrogens is 612 g/mol. The molecule has 2 heterocycles. The van der Waals surface area contributed by atoms with Gasteiger partial charge in [-0.3, -0.25) is 14.5 Å². The molecule has 3 atom stereocenters. The molecule has 2 fully saturated rings. The Morgan fingerprint density at radius 2 is 1.58 bits per heavy atom. The Hall–Kier alpha value is -3.85. The number of nitrogens with one attached hydrogen (secondary N) is 2. The summed E-state index contributed by atoms with van der Waals surface area (Å²) < 4.78 is 95.6. The van der Waals surface area contributed by atoms with Crippen LogP contribution in [0.25, 0.3) is 0 Å². The fraction of sp³-hybridized carbons (Fsp3) is 0.500. The highest BCUT2D eigenvalue weighted by molar-refractivity contribution is 5.98. The van der Waals surface area contributed by atoms with E-state index in [0.717, 1.165) is 36.4 Å². The zero-order valence-electron chi connectivity index (χ0n) is 24.8. The van der Waals surface area contributed by atoms with Gasteiger partial charge in [0.25, 0.3) is 0 Å². The molecule has 0 radical (unpaired) electrons. The van der Waals surface area contributed by atoms with Crippen LogP contribution in [-0.2, 0) is 42.6 Å². The van der Waals surface area contributed by atoms with Crippen molar-refractivity contribution in [1.29, 1.82) is 0 Å². The lowest BCUT2D eigenvalue weighted by Gasteiger charge is -2.37. The number of likely N-dealkylation sites (tertiary alicyclic amines) is 1. The third kappa shape index (κ3) is 8.87. The molecule has 1 unspecified atom stereocenters. The first kappa shape index (κ1) is 34.0. The van der Waals surface area contributed by atoms with Gasteiger partial charge in [0.15, 0.2) is 12.6 Å². The molecule has 9 nitrogen and oxygen atoms in total. The summed E-state index contributed by atoms with van der Waals surface area (Å²) in [7, 11) is 0. The van der Waals surface area contributed by atoms with Crippen molar-refractivity contribution in [3.63, 3.8) is 0 Å². The highest BCUT2D eigenvalue weighted by Gasteiger charge is 2.48. The van der Waals surface area contributed by atoms with Crippen molar-refractivity contribution in [1.82, 2.24) is 10.2 Å². The Labute approximate surface area is 255 Å². The summed E-state index contributed by atoms with van der Waals surface area (Å²) in [5, 5.41) is 4.89. The van der Waals surface area contributed by atoms with Crippen LogP contribution in [0.2, 0.25) is 0 Å². The summed E-state index contributed by atoms with van der Waals surface area (Å²) in [6, 6.07) is 5.10. The molecule has 2 aromatic carbocycles. The number of alkyl halides is 6. The molecule has 2 aromatic rings. The van der Waals surface area contributed by atoms with Crippen molar-refractivity contribution in [2.75, 3.05) is 11.9 Å². The van der Waals surface area contributed by atoms with Gasteiger partial charge in [-0.2, -0.15) is 26.3 Å². The Morgan fingerprint density at radius 1 is 0.956 bits per heavy atom. The van der Waals surface area contributed by atoms with E-state index >= 15 is 0 Å². The molecule has 3 amide bonds. The van der Waals surface area contributed by atoms with Gasteiger partial charge in [-0.15, -0.1) is 0 Å². The van der Waals surface area contributed by atoms with E-state index in [4.69, 9.17) is 14.2 Å². The normalized spacial score (nSPS) is 22.8. The fourth-order valence-electron chi connectivity index (χ4n) is 4.99. The maximum Gasteiger partial charge on any atom is 0.416 e. The number of ether oxygens (including phenoxy) is 3. The van der Waals surface area contributed by atoms with E-state index in [1.165, 1.54) is 11.0 Å². The highest BCUT2D eigenvalue weighted by atomic mass is 19.4. The minimum absolute atomic E-state index is 0.0321. The van der Waals surface area contributed by atoms with Crippen LogP contribution in [0.3, 0.4) is 0 Å². The maximum atomic E-state index is 13.7. The minimum atomic E-state index is -4.69. The number of rotatable bonds is 7. The third-order valence-electron chi connectivity index (χ3n) is 7.11. The second kappa shape index (κ2) is 12.9. The standard InChI is InChI=1S/C30H33F6N3O6/c1-16-43-26(44-16)18-13-23(39(15-18)27(42)45-28(2,3)4)25(41)38-22(12-17-8-10-19(11-9-17)29(31,32)33)24(40)37-21-7-5-6-20(14-21)30(34,35)36/h5-11,14,16,18,22-23,26H,12-13,15H2,1-4H3,(H,37,40)(H,38,41)/t16?,18-,22-,23?,26?/m0/s1. The zero-order chi connectivity index (χ0) is 33.3.